The van der Waals surface area contributed by atoms with Crippen molar-refractivity contribution in [1.82, 2.24) is 4.98 Å². The number of carboxylic acids is 2. The van der Waals surface area contributed by atoms with Crippen molar-refractivity contribution in [1.29, 1.82) is 0 Å². The van der Waals surface area contributed by atoms with Crippen molar-refractivity contribution in [2.75, 3.05) is 0 Å². The van der Waals surface area contributed by atoms with Crippen molar-refractivity contribution in [3.05, 3.63) is 11.4 Å². The second kappa shape index (κ2) is 2.70. The molecule has 1 aromatic heterocycles. The molecule has 7 nitrogen and oxygen atoms in total. The highest BCUT2D eigenvalue weighted by molar-refractivity contribution is 5.97. The van der Waals surface area contributed by atoms with Crippen molar-refractivity contribution in [3.63, 3.8) is 0 Å². The van der Waals surface area contributed by atoms with Gasteiger partial charge in [-0.1, -0.05) is 0 Å². The number of rotatable bonds is 2. The van der Waals surface area contributed by atoms with Crippen molar-refractivity contribution in [2.24, 2.45) is 0 Å². The Morgan fingerprint density at radius 3 is 1.38 bits per heavy atom. The number of aromatic hydroxyl groups is 2. The van der Waals surface area contributed by atoms with Crippen LogP contribution < -0.4 is 0 Å². The zero-order valence-corrected chi connectivity index (χ0v) is 6.11. The molecule has 0 aliphatic heterocycles. The third-order valence-electron chi connectivity index (χ3n) is 1.38. The quantitative estimate of drug-likeness (QED) is 0.436. The number of nitrogens with one attached hydrogen (secondary N) is 1. The lowest BCUT2D eigenvalue weighted by Crippen LogP contribution is -2.00. The van der Waals surface area contributed by atoms with Crippen LogP contribution in [0.1, 0.15) is 21.0 Å². The van der Waals surface area contributed by atoms with Crippen molar-refractivity contribution < 1.29 is 30.0 Å². The minimum atomic E-state index is -1.56. The number of carboxylic acid groups (broad SMARTS) is 2. The summed E-state index contributed by atoms with van der Waals surface area (Å²) in [7, 11) is 0. The summed E-state index contributed by atoms with van der Waals surface area (Å²) in [6, 6.07) is 0. The Morgan fingerprint density at radius 1 is 0.923 bits per heavy atom. The Hall–Kier alpha value is -2.18. The summed E-state index contributed by atoms with van der Waals surface area (Å²) in [5.41, 5.74) is -1.51. The minimum absolute atomic E-state index is 0.755. The first kappa shape index (κ1) is 8.91. The third kappa shape index (κ3) is 1.26. The lowest BCUT2D eigenvalue weighted by Gasteiger charge is -1.88. The van der Waals surface area contributed by atoms with Crippen LogP contribution >= 0.6 is 0 Å². The summed E-state index contributed by atoms with van der Waals surface area (Å²) in [6.07, 6.45) is 0. The largest absolute Gasteiger partial charge is 0.503 e. The standard InChI is InChI=1S/C6H5NO6/c8-3-1(5(10)11)7-2(4(3)9)6(12)13/h7-9H,(H,10,11)(H,12,13). The first-order valence-corrected chi connectivity index (χ1v) is 3.05. The van der Waals surface area contributed by atoms with Crippen LogP contribution in [-0.4, -0.2) is 37.3 Å². The van der Waals surface area contributed by atoms with Crippen LogP contribution in [0.3, 0.4) is 0 Å². The first-order valence-electron chi connectivity index (χ1n) is 3.05. The Bertz CT molecular complexity index is 344. The molecule has 0 fully saturated rings. The van der Waals surface area contributed by atoms with Gasteiger partial charge in [0.25, 0.3) is 0 Å². The summed E-state index contributed by atoms with van der Waals surface area (Å²) in [5.74, 6) is -5.07. The molecule has 0 amide bonds. The maximum atomic E-state index is 10.3. The maximum Gasteiger partial charge on any atom is 0.356 e. The molecule has 0 aliphatic rings. The minimum Gasteiger partial charge on any atom is -0.503 e. The Balaban J connectivity index is 3.36. The van der Waals surface area contributed by atoms with Gasteiger partial charge in [0.1, 0.15) is 0 Å². The summed E-state index contributed by atoms with van der Waals surface area (Å²) >= 11 is 0. The highest BCUT2D eigenvalue weighted by atomic mass is 16.4. The molecule has 0 bridgehead atoms. The van der Waals surface area contributed by atoms with E-state index in [9.17, 15) is 9.59 Å². The molecule has 0 saturated carbocycles. The Kier molecular flexibility index (Phi) is 1.85. The van der Waals surface area contributed by atoms with E-state index < -0.39 is 34.8 Å². The van der Waals surface area contributed by atoms with Crippen LogP contribution in [0.5, 0.6) is 11.5 Å². The number of H-pyrrole nitrogens is 1. The summed E-state index contributed by atoms with van der Waals surface area (Å²) < 4.78 is 0. The molecule has 0 unspecified atom stereocenters. The molecule has 1 aromatic rings. The predicted octanol–water partition coefficient (Wildman–Crippen LogP) is -0.178. The second-order valence-corrected chi connectivity index (χ2v) is 2.18. The van der Waals surface area contributed by atoms with Crippen LogP contribution in [0.25, 0.3) is 0 Å². The van der Waals surface area contributed by atoms with Gasteiger partial charge in [-0.2, -0.15) is 0 Å². The van der Waals surface area contributed by atoms with Gasteiger partial charge in [0.05, 0.1) is 0 Å². The number of aromatic carboxylic acids is 2. The lowest BCUT2D eigenvalue weighted by atomic mass is 10.3. The molecular formula is C6H5NO6. The van der Waals surface area contributed by atoms with E-state index >= 15 is 0 Å². The SMILES string of the molecule is O=C(O)c1[nH]c(C(=O)O)c(O)c1O. The normalized spacial score (nSPS) is 9.85. The molecule has 0 aromatic carbocycles. The smallest absolute Gasteiger partial charge is 0.356 e. The monoisotopic (exact) mass is 187 g/mol. The highest BCUT2D eigenvalue weighted by Gasteiger charge is 2.24. The molecule has 1 rings (SSSR count). The maximum absolute atomic E-state index is 10.3. The van der Waals surface area contributed by atoms with Gasteiger partial charge >= 0.3 is 11.9 Å². The van der Waals surface area contributed by atoms with Gasteiger partial charge in [-0.3, -0.25) is 0 Å². The molecule has 70 valence electrons. The van der Waals surface area contributed by atoms with Gasteiger partial charge in [0.15, 0.2) is 22.9 Å². The molecule has 1 heterocycles. The molecule has 7 heteroatoms. The average molecular weight is 187 g/mol. The summed E-state index contributed by atoms with van der Waals surface area (Å²) in [6.45, 7) is 0. The number of hydrogen-bond donors (Lipinski definition) is 5. The fourth-order valence-corrected chi connectivity index (χ4v) is 0.790. The number of carbonyl (C=O) groups is 2. The van der Waals surface area contributed by atoms with E-state index in [0.717, 1.165) is 0 Å². The van der Waals surface area contributed by atoms with Crippen LogP contribution in [0.4, 0.5) is 0 Å². The van der Waals surface area contributed by atoms with E-state index in [4.69, 9.17) is 20.4 Å². The number of aromatic nitrogens is 1. The van der Waals surface area contributed by atoms with Gasteiger partial charge in [0, 0.05) is 0 Å². The van der Waals surface area contributed by atoms with Crippen molar-refractivity contribution >= 4 is 11.9 Å². The first-order chi connectivity index (χ1) is 5.95. The molecule has 0 radical (unpaired) electrons. The topological polar surface area (TPSA) is 131 Å². The van der Waals surface area contributed by atoms with Crippen LogP contribution in [0.2, 0.25) is 0 Å². The summed E-state index contributed by atoms with van der Waals surface area (Å²) in [5, 5.41) is 34.6. The summed E-state index contributed by atoms with van der Waals surface area (Å²) in [4.78, 5) is 22.5. The van der Waals surface area contributed by atoms with Crippen molar-refractivity contribution in [2.45, 2.75) is 0 Å². The van der Waals surface area contributed by atoms with Crippen LogP contribution in [0.15, 0.2) is 0 Å². The van der Waals surface area contributed by atoms with E-state index in [2.05, 4.69) is 0 Å². The van der Waals surface area contributed by atoms with Gasteiger partial charge in [-0.25, -0.2) is 9.59 Å². The molecular weight excluding hydrogens is 182 g/mol. The van der Waals surface area contributed by atoms with Crippen molar-refractivity contribution in [3.8, 4) is 11.5 Å². The fourth-order valence-electron chi connectivity index (χ4n) is 0.790. The van der Waals surface area contributed by atoms with E-state index in [0.29, 0.717) is 0 Å². The van der Waals surface area contributed by atoms with Crippen LogP contribution in [0, 0.1) is 0 Å². The molecule has 0 spiro atoms. The highest BCUT2D eigenvalue weighted by Crippen LogP contribution is 2.32. The fraction of sp³-hybridized carbons (Fsp3) is 0. The van der Waals surface area contributed by atoms with E-state index in [1.807, 2.05) is 4.98 Å². The van der Waals surface area contributed by atoms with Gasteiger partial charge in [-0.05, 0) is 0 Å². The van der Waals surface area contributed by atoms with E-state index in [1.165, 1.54) is 0 Å². The van der Waals surface area contributed by atoms with Crippen LogP contribution in [-0.2, 0) is 0 Å². The second-order valence-electron chi connectivity index (χ2n) is 2.18. The molecule has 0 saturated heterocycles. The third-order valence-corrected chi connectivity index (χ3v) is 1.38. The molecule has 0 atom stereocenters. The molecule has 13 heavy (non-hydrogen) atoms. The number of aromatic amines is 1. The van der Waals surface area contributed by atoms with E-state index in [-0.39, 0.29) is 0 Å². The van der Waals surface area contributed by atoms with Gasteiger partial charge < -0.3 is 25.4 Å². The Morgan fingerprint density at radius 2 is 1.23 bits per heavy atom. The average Bonchev–Trinajstić information content (AvgIpc) is 2.29. The van der Waals surface area contributed by atoms with Gasteiger partial charge in [0.2, 0.25) is 0 Å². The lowest BCUT2D eigenvalue weighted by molar-refractivity contribution is 0.0687. The zero-order valence-electron chi connectivity index (χ0n) is 6.11. The molecule has 0 aliphatic carbocycles. The zero-order chi connectivity index (χ0) is 10.2. The predicted molar refractivity (Wildman–Crippen MR) is 38.0 cm³/mol. The van der Waals surface area contributed by atoms with E-state index in [1.54, 1.807) is 0 Å². The Labute approximate surface area is 70.9 Å². The molecule has 5 N–H and O–H groups in total. The van der Waals surface area contributed by atoms with Gasteiger partial charge in [-0.15, -0.1) is 0 Å². The number of hydrogen-bond acceptors (Lipinski definition) is 4.